The van der Waals surface area contributed by atoms with Crippen molar-refractivity contribution in [3.8, 4) is 0 Å². The van der Waals surface area contributed by atoms with Crippen LogP contribution in [0.15, 0.2) is 53.5 Å². The Hall–Kier alpha value is -2.45. The molecule has 1 fully saturated rings. The second-order valence-electron chi connectivity index (χ2n) is 7.70. The molecule has 0 aromatic heterocycles. The standard InChI is InChI=1S/C25H35N3O4/c1-27(2)24-7-3-22(4-8-24)21-26-23-5-9-25(10-6-23)28-11-13-29-15-17-31-19-20-32-18-16-30-14-12-28/h3-10,21H,11-20H2,1-2H3. The van der Waals surface area contributed by atoms with Crippen LogP contribution in [-0.2, 0) is 18.9 Å². The predicted octanol–water partition coefficient (Wildman–Crippen LogP) is 3.39. The van der Waals surface area contributed by atoms with Gasteiger partial charge in [0.05, 0.1) is 58.5 Å². The van der Waals surface area contributed by atoms with Gasteiger partial charge >= 0.3 is 0 Å². The molecular formula is C25H35N3O4. The lowest BCUT2D eigenvalue weighted by Gasteiger charge is -2.25. The fourth-order valence-electron chi connectivity index (χ4n) is 3.24. The number of benzene rings is 2. The lowest BCUT2D eigenvalue weighted by molar-refractivity contribution is 0.00206. The van der Waals surface area contributed by atoms with Crippen molar-refractivity contribution in [2.45, 2.75) is 0 Å². The molecule has 32 heavy (non-hydrogen) atoms. The Balaban J connectivity index is 1.57. The third-order valence-electron chi connectivity index (χ3n) is 5.11. The van der Waals surface area contributed by atoms with E-state index in [9.17, 15) is 0 Å². The molecule has 2 aromatic rings. The Kier molecular flexibility index (Phi) is 10.5. The van der Waals surface area contributed by atoms with Gasteiger partial charge in [-0.3, -0.25) is 4.99 Å². The number of hydrogen-bond acceptors (Lipinski definition) is 7. The van der Waals surface area contributed by atoms with E-state index in [0.29, 0.717) is 52.9 Å². The van der Waals surface area contributed by atoms with E-state index in [0.717, 1.165) is 30.0 Å². The van der Waals surface area contributed by atoms with Gasteiger partial charge in [-0.25, -0.2) is 0 Å². The monoisotopic (exact) mass is 441 g/mol. The first-order valence-corrected chi connectivity index (χ1v) is 11.2. The summed E-state index contributed by atoms with van der Waals surface area (Å²) in [6.07, 6.45) is 1.89. The largest absolute Gasteiger partial charge is 0.378 e. The molecule has 1 aliphatic rings. The van der Waals surface area contributed by atoms with E-state index in [-0.39, 0.29) is 0 Å². The Bertz CT molecular complexity index is 778. The van der Waals surface area contributed by atoms with Crippen molar-refractivity contribution < 1.29 is 18.9 Å². The highest BCUT2D eigenvalue weighted by atomic mass is 16.6. The highest BCUT2D eigenvalue weighted by molar-refractivity contribution is 5.82. The van der Waals surface area contributed by atoms with Gasteiger partial charge in [0, 0.05) is 44.8 Å². The van der Waals surface area contributed by atoms with Gasteiger partial charge in [0.15, 0.2) is 0 Å². The van der Waals surface area contributed by atoms with E-state index in [2.05, 4.69) is 51.2 Å². The molecule has 1 saturated heterocycles. The number of anilines is 2. The molecule has 7 heteroatoms. The smallest absolute Gasteiger partial charge is 0.0701 e. The van der Waals surface area contributed by atoms with Crippen LogP contribution < -0.4 is 9.80 Å². The maximum absolute atomic E-state index is 5.72. The van der Waals surface area contributed by atoms with Crippen molar-refractivity contribution in [1.29, 1.82) is 0 Å². The molecule has 0 radical (unpaired) electrons. The molecule has 2 aromatic carbocycles. The van der Waals surface area contributed by atoms with Crippen molar-refractivity contribution in [3.63, 3.8) is 0 Å². The van der Waals surface area contributed by atoms with Crippen LogP contribution in [0.2, 0.25) is 0 Å². The number of nitrogens with zero attached hydrogens (tertiary/aromatic N) is 3. The predicted molar refractivity (Wildman–Crippen MR) is 130 cm³/mol. The van der Waals surface area contributed by atoms with Gasteiger partial charge in [0.2, 0.25) is 0 Å². The first kappa shape index (κ1) is 24.2. The van der Waals surface area contributed by atoms with Crippen LogP contribution in [0.5, 0.6) is 0 Å². The average molecular weight is 442 g/mol. The molecule has 1 aliphatic heterocycles. The van der Waals surface area contributed by atoms with Gasteiger partial charge in [0.1, 0.15) is 0 Å². The average Bonchev–Trinajstić information content (AvgIpc) is 2.83. The van der Waals surface area contributed by atoms with E-state index in [1.165, 1.54) is 5.69 Å². The summed E-state index contributed by atoms with van der Waals surface area (Å²) in [5.74, 6) is 0. The molecule has 0 amide bonds. The summed E-state index contributed by atoms with van der Waals surface area (Å²) in [6.45, 7) is 6.40. The van der Waals surface area contributed by atoms with Crippen molar-refractivity contribution in [3.05, 3.63) is 54.1 Å². The molecule has 0 unspecified atom stereocenters. The third-order valence-corrected chi connectivity index (χ3v) is 5.11. The van der Waals surface area contributed by atoms with E-state index < -0.39 is 0 Å². The van der Waals surface area contributed by atoms with Crippen molar-refractivity contribution in [2.24, 2.45) is 4.99 Å². The summed E-state index contributed by atoms with van der Waals surface area (Å²) < 4.78 is 22.4. The summed E-state index contributed by atoms with van der Waals surface area (Å²) in [5.41, 5.74) is 4.30. The Morgan fingerprint density at radius 1 is 0.688 bits per heavy atom. The third kappa shape index (κ3) is 8.59. The minimum atomic E-state index is 0.588. The maximum atomic E-state index is 5.72. The SMILES string of the molecule is CN(C)c1ccc(C=Nc2ccc(N3CCOCCOCCOCCOCC3)cc2)cc1. The van der Waals surface area contributed by atoms with Crippen LogP contribution in [0.4, 0.5) is 17.1 Å². The molecule has 0 aliphatic carbocycles. The zero-order chi connectivity index (χ0) is 22.4. The highest BCUT2D eigenvalue weighted by Crippen LogP contribution is 2.20. The number of aliphatic imine (C=N–C) groups is 1. The molecule has 174 valence electrons. The molecule has 0 N–H and O–H groups in total. The summed E-state index contributed by atoms with van der Waals surface area (Å²) >= 11 is 0. The quantitative estimate of drug-likeness (QED) is 0.678. The first-order valence-electron chi connectivity index (χ1n) is 11.2. The van der Waals surface area contributed by atoms with E-state index >= 15 is 0 Å². The summed E-state index contributed by atoms with van der Waals surface area (Å²) in [4.78, 5) is 8.97. The number of rotatable bonds is 4. The molecule has 0 bridgehead atoms. The van der Waals surface area contributed by atoms with E-state index in [1.54, 1.807) is 0 Å². The van der Waals surface area contributed by atoms with Gasteiger partial charge in [-0.05, 0) is 42.0 Å². The Morgan fingerprint density at radius 3 is 1.69 bits per heavy atom. The first-order chi connectivity index (χ1) is 15.7. The second kappa shape index (κ2) is 13.9. The minimum Gasteiger partial charge on any atom is -0.378 e. The number of hydrogen-bond donors (Lipinski definition) is 0. The van der Waals surface area contributed by atoms with Crippen LogP contribution in [0.25, 0.3) is 0 Å². The minimum absolute atomic E-state index is 0.588. The fourth-order valence-corrected chi connectivity index (χ4v) is 3.24. The molecule has 0 atom stereocenters. The van der Waals surface area contributed by atoms with Gasteiger partial charge in [-0.15, -0.1) is 0 Å². The summed E-state index contributed by atoms with van der Waals surface area (Å²) in [6, 6.07) is 16.6. The van der Waals surface area contributed by atoms with Gasteiger partial charge < -0.3 is 28.7 Å². The zero-order valence-electron chi connectivity index (χ0n) is 19.2. The van der Waals surface area contributed by atoms with Crippen LogP contribution in [0, 0.1) is 0 Å². The molecule has 3 rings (SSSR count). The summed E-state index contributed by atoms with van der Waals surface area (Å²) in [5, 5.41) is 0. The van der Waals surface area contributed by atoms with Crippen LogP contribution >= 0.6 is 0 Å². The van der Waals surface area contributed by atoms with Crippen molar-refractivity contribution in [1.82, 2.24) is 0 Å². The van der Waals surface area contributed by atoms with Gasteiger partial charge in [0.25, 0.3) is 0 Å². The fraction of sp³-hybridized carbons (Fsp3) is 0.480. The molecule has 7 nitrogen and oxygen atoms in total. The lowest BCUT2D eigenvalue weighted by Crippen LogP contribution is -2.31. The Morgan fingerprint density at radius 2 is 1.19 bits per heavy atom. The highest BCUT2D eigenvalue weighted by Gasteiger charge is 2.07. The number of ether oxygens (including phenoxy) is 4. The second-order valence-corrected chi connectivity index (χ2v) is 7.70. The van der Waals surface area contributed by atoms with Gasteiger partial charge in [-0.2, -0.15) is 0 Å². The Labute approximate surface area is 191 Å². The summed E-state index contributed by atoms with van der Waals surface area (Å²) in [7, 11) is 4.07. The zero-order valence-corrected chi connectivity index (χ0v) is 19.2. The van der Waals surface area contributed by atoms with E-state index in [1.807, 2.05) is 32.4 Å². The topological polar surface area (TPSA) is 55.8 Å². The van der Waals surface area contributed by atoms with Crippen LogP contribution in [0.1, 0.15) is 5.56 Å². The van der Waals surface area contributed by atoms with Crippen molar-refractivity contribution in [2.75, 3.05) is 89.8 Å². The lowest BCUT2D eigenvalue weighted by atomic mass is 10.2. The maximum Gasteiger partial charge on any atom is 0.0701 e. The molecular weight excluding hydrogens is 406 g/mol. The van der Waals surface area contributed by atoms with Crippen molar-refractivity contribution >= 4 is 23.3 Å². The molecule has 1 heterocycles. The molecule has 0 saturated carbocycles. The van der Waals surface area contributed by atoms with Gasteiger partial charge in [-0.1, -0.05) is 12.1 Å². The molecule has 0 spiro atoms. The van der Waals surface area contributed by atoms with Crippen LogP contribution in [0.3, 0.4) is 0 Å². The van der Waals surface area contributed by atoms with E-state index in [4.69, 9.17) is 18.9 Å². The van der Waals surface area contributed by atoms with Crippen LogP contribution in [-0.4, -0.2) is 86.3 Å². The normalized spacial score (nSPS) is 17.6.